The molecule has 152 valence electrons. The van der Waals surface area contributed by atoms with Crippen molar-refractivity contribution >= 4 is 21.8 Å². The molecule has 3 rings (SSSR count). The van der Waals surface area contributed by atoms with Crippen LogP contribution in [0.3, 0.4) is 0 Å². The van der Waals surface area contributed by atoms with E-state index in [0.717, 1.165) is 15.6 Å². The summed E-state index contributed by atoms with van der Waals surface area (Å²) in [5, 5.41) is 4.08. The van der Waals surface area contributed by atoms with E-state index < -0.39 is 0 Å². The number of halogens is 1. The number of nitrogens with zero attached hydrogens (tertiary/aromatic N) is 3. The maximum Gasteiger partial charge on any atom is 0.228 e. The first-order chi connectivity index (χ1) is 13.8. The molecule has 0 radical (unpaired) electrons. The molecule has 29 heavy (non-hydrogen) atoms. The summed E-state index contributed by atoms with van der Waals surface area (Å²) in [5.41, 5.74) is 1.94. The molecule has 5 nitrogen and oxygen atoms in total. The normalized spacial score (nSPS) is 11.4. The summed E-state index contributed by atoms with van der Waals surface area (Å²) in [6, 6.07) is 17.8. The number of carbonyl (C=O) groups excluding carboxylic acids is 1. The van der Waals surface area contributed by atoms with Gasteiger partial charge in [0.05, 0.1) is 0 Å². The summed E-state index contributed by atoms with van der Waals surface area (Å²) >= 11 is 3.42. The zero-order chi connectivity index (χ0) is 20.9. The Morgan fingerprint density at radius 3 is 2.41 bits per heavy atom. The largest absolute Gasteiger partial charge is 0.339 e. The van der Waals surface area contributed by atoms with Crippen LogP contribution < -0.4 is 0 Å². The zero-order valence-corrected chi connectivity index (χ0v) is 18.6. The Balaban J connectivity index is 1.69. The summed E-state index contributed by atoms with van der Waals surface area (Å²) < 4.78 is 6.42. The lowest BCUT2D eigenvalue weighted by molar-refractivity contribution is -0.133. The Morgan fingerprint density at radius 2 is 1.76 bits per heavy atom. The van der Waals surface area contributed by atoms with Crippen LogP contribution in [0, 0.1) is 5.41 Å². The Kier molecular flexibility index (Phi) is 6.85. The molecule has 0 saturated heterocycles. The molecule has 2 aromatic carbocycles. The number of aromatic nitrogens is 2. The smallest absolute Gasteiger partial charge is 0.228 e. The number of rotatable bonds is 7. The lowest BCUT2D eigenvalue weighted by atomic mass is 9.91. The summed E-state index contributed by atoms with van der Waals surface area (Å²) in [7, 11) is 0. The Bertz CT molecular complexity index is 931. The maximum atomic E-state index is 12.9. The third-order valence-electron chi connectivity index (χ3n) is 4.42. The standard InChI is InChI=1S/C23H26BrN3O2/c1-23(2,3)15-21(28)27(16-17-7-5-4-6-8-17)14-13-20-25-22(26-29-20)18-9-11-19(24)12-10-18/h4-12H,13-16H2,1-3H3. The molecule has 6 heteroatoms. The van der Waals surface area contributed by atoms with Gasteiger partial charge in [0.15, 0.2) is 0 Å². The second-order valence-electron chi connectivity index (χ2n) is 8.31. The molecule has 1 aromatic heterocycles. The molecule has 0 aliphatic heterocycles. The van der Waals surface area contributed by atoms with Crippen molar-refractivity contribution in [2.24, 2.45) is 5.41 Å². The quantitative estimate of drug-likeness (QED) is 0.471. The number of hydrogen-bond donors (Lipinski definition) is 0. The summed E-state index contributed by atoms with van der Waals surface area (Å²) in [6.07, 6.45) is 1.01. The van der Waals surface area contributed by atoms with E-state index in [1.165, 1.54) is 0 Å². The first-order valence-corrected chi connectivity index (χ1v) is 10.5. The number of hydrogen-bond acceptors (Lipinski definition) is 4. The highest BCUT2D eigenvalue weighted by Crippen LogP contribution is 2.22. The average molecular weight is 456 g/mol. The number of amides is 1. The first-order valence-electron chi connectivity index (χ1n) is 9.70. The molecule has 0 bridgehead atoms. The van der Waals surface area contributed by atoms with Crippen molar-refractivity contribution in [2.75, 3.05) is 6.54 Å². The molecule has 0 N–H and O–H groups in total. The van der Waals surface area contributed by atoms with Gasteiger partial charge in [0.1, 0.15) is 0 Å². The van der Waals surface area contributed by atoms with E-state index in [-0.39, 0.29) is 11.3 Å². The van der Waals surface area contributed by atoms with Crippen molar-refractivity contribution in [3.8, 4) is 11.4 Å². The molecular formula is C23H26BrN3O2. The fraction of sp³-hybridized carbons (Fsp3) is 0.348. The van der Waals surface area contributed by atoms with Gasteiger partial charge >= 0.3 is 0 Å². The second-order valence-corrected chi connectivity index (χ2v) is 9.22. The molecule has 1 amide bonds. The minimum atomic E-state index is -0.0642. The minimum absolute atomic E-state index is 0.0642. The second kappa shape index (κ2) is 9.35. The molecule has 0 aliphatic carbocycles. The van der Waals surface area contributed by atoms with Crippen molar-refractivity contribution in [1.82, 2.24) is 15.0 Å². The van der Waals surface area contributed by atoms with Gasteiger partial charge in [-0.2, -0.15) is 4.98 Å². The van der Waals surface area contributed by atoms with E-state index >= 15 is 0 Å². The van der Waals surface area contributed by atoms with Gasteiger partial charge in [-0.05, 0) is 35.2 Å². The molecule has 0 aliphatic rings. The van der Waals surface area contributed by atoms with Crippen LogP contribution in [0.1, 0.15) is 38.6 Å². The van der Waals surface area contributed by atoms with Crippen LogP contribution in [0.4, 0.5) is 0 Å². The predicted molar refractivity (Wildman–Crippen MR) is 117 cm³/mol. The van der Waals surface area contributed by atoms with Crippen molar-refractivity contribution in [3.63, 3.8) is 0 Å². The molecule has 0 spiro atoms. The van der Waals surface area contributed by atoms with E-state index in [1.807, 2.05) is 59.5 Å². The van der Waals surface area contributed by atoms with Crippen LogP contribution in [0.15, 0.2) is 63.6 Å². The Labute approximate surface area is 180 Å². The number of carbonyl (C=O) groups is 1. The highest BCUT2D eigenvalue weighted by Gasteiger charge is 2.22. The Morgan fingerprint density at radius 1 is 1.07 bits per heavy atom. The highest BCUT2D eigenvalue weighted by molar-refractivity contribution is 9.10. The van der Waals surface area contributed by atoms with Crippen LogP contribution in [0.25, 0.3) is 11.4 Å². The molecule has 0 atom stereocenters. The van der Waals surface area contributed by atoms with E-state index in [9.17, 15) is 4.79 Å². The van der Waals surface area contributed by atoms with Gasteiger partial charge in [0, 0.05) is 36.0 Å². The van der Waals surface area contributed by atoms with Gasteiger partial charge in [-0.3, -0.25) is 4.79 Å². The SMILES string of the molecule is CC(C)(C)CC(=O)N(CCc1nc(-c2ccc(Br)cc2)no1)Cc1ccccc1. The van der Waals surface area contributed by atoms with Gasteiger partial charge in [0.25, 0.3) is 0 Å². The van der Waals surface area contributed by atoms with Crippen molar-refractivity contribution in [1.29, 1.82) is 0 Å². The molecule has 0 fully saturated rings. The monoisotopic (exact) mass is 455 g/mol. The molecule has 1 heterocycles. The van der Waals surface area contributed by atoms with Crippen molar-refractivity contribution in [3.05, 3.63) is 70.5 Å². The fourth-order valence-electron chi connectivity index (χ4n) is 2.96. The lowest BCUT2D eigenvalue weighted by Crippen LogP contribution is -2.34. The average Bonchev–Trinajstić information content (AvgIpc) is 3.14. The van der Waals surface area contributed by atoms with E-state index in [4.69, 9.17) is 4.52 Å². The van der Waals surface area contributed by atoms with Gasteiger partial charge in [0.2, 0.25) is 17.6 Å². The fourth-order valence-corrected chi connectivity index (χ4v) is 3.23. The maximum absolute atomic E-state index is 12.9. The minimum Gasteiger partial charge on any atom is -0.339 e. The third kappa shape index (κ3) is 6.53. The molecule has 0 saturated carbocycles. The van der Waals surface area contributed by atoms with Gasteiger partial charge in [-0.15, -0.1) is 0 Å². The third-order valence-corrected chi connectivity index (χ3v) is 4.95. The summed E-state index contributed by atoms with van der Waals surface area (Å²) in [5.74, 6) is 1.22. The molecule has 0 unspecified atom stereocenters. The number of benzene rings is 2. The van der Waals surface area contributed by atoms with Crippen LogP contribution in [-0.2, 0) is 17.8 Å². The van der Waals surface area contributed by atoms with Crippen molar-refractivity contribution in [2.45, 2.75) is 40.2 Å². The van der Waals surface area contributed by atoms with E-state index in [0.29, 0.717) is 37.6 Å². The van der Waals surface area contributed by atoms with Crippen LogP contribution in [-0.4, -0.2) is 27.5 Å². The first kappa shape index (κ1) is 21.2. The molecule has 3 aromatic rings. The van der Waals surface area contributed by atoms with E-state index in [1.54, 1.807) is 0 Å². The lowest BCUT2D eigenvalue weighted by Gasteiger charge is -2.26. The van der Waals surface area contributed by atoms with Crippen LogP contribution >= 0.6 is 15.9 Å². The zero-order valence-electron chi connectivity index (χ0n) is 17.1. The van der Waals surface area contributed by atoms with Gasteiger partial charge in [-0.25, -0.2) is 0 Å². The summed E-state index contributed by atoms with van der Waals surface area (Å²) in [4.78, 5) is 19.3. The van der Waals surface area contributed by atoms with Crippen LogP contribution in [0.5, 0.6) is 0 Å². The highest BCUT2D eigenvalue weighted by atomic mass is 79.9. The molecular weight excluding hydrogens is 430 g/mol. The van der Waals surface area contributed by atoms with Gasteiger partial charge in [-0.1, -0.05) is 72.2 Å². The van der Waals surface area contributed by atoms with Crippen molar-refractivity contribution < 1.29 is 9.32 Å². The van der Waals surface area contributed by atoms with Crippen LogP contribution in [0.2, 0.25) is 0 Å². The summed E-state index contributed by atoms with van der Waals surface area (Å²) in [6.45, 7) is 7.34. The Hall–Kier alpha value is -2.47. The topological polar surface area (TPSA) is 59.2 Å². The van der Waals surface area contributed by atoms with Gasteiger partial charge < -0.3 is 9.42 Å². The predicted octanol–water partition coefficient (Wildman–Crippen LogP) is 5.51. The van der Waals surface area contributed by atoms with E-state index in [2.05, 4.69) is 46.8 Å².